The maximum atomic E-state index is 12.9. The highest BCUT2D eigenvalue weighted by Crippen LogP contribution is 2.41. The van der Waals surface area contributed by atoms with Crippen molar-refractivity contribution < 1.29 is 13.2 Å². The smallest absolute Gasteiger partial charge is 0.265 e. The van der Waals surface area contributed by atoms with E-state index in [-0.39, 0.29) is 17.3 Å². The van der Waals surface area contributed by atoms with Crippen molar-refractivity contribution >= 4 is 32.4 Å². The van der Waals surface area contributed by atoms with Crippen LogP contribution in [-0.4, -0.2) is 37.8 Å². The first-order chi connectivity index (χ1) is 12.5. The Kier molecular flexibility index (Phi) is 3.88. The summed E-state index contributed by atoms with van der Waals surface area (Å²) < 4.78 is 27.1. The Hall–Kier alpha value is -2.93. The molecule has 2 aromatic carbocycles. The van der Waals surface area contributed by atoms with Crippen LogP contribution in [0.4, 0.5) is 5.69 Å². The van der Waals surface area contributed by atoms with E-state index in [1.165, 1.54) is 9.21 Å². The van der Waals surface area contributed by atoms with Crippen LogP contribution in [0.15, 0.2) is 65.8 Å². The number of carbonyl (C=O) groups excluding carboxylic acids is 1. The molecule has 0 saturated carbocycles. The highest BCUT2D eigenvalue weighted by Gasteiger charge is 2.37. The van der Waals surface area contributed by atoms with Gasteiger partial charge in [0.05, 0.1) is 10.6 Å². The summed E-state index contributed by atoms with van der Waals surface area (Å²) in [6.45, 7) is 0.143. The molecule has 0 radical (unpaired) electrons. The van der Waals surface area contributed by atoms with Crippen LogP contribution in [0.25, 0.3) is 10.8 Å². The number of nitrogens with zero attached hydrogens (tertiary/aromatic N) is 3. The lowest BCUT2D eigenvalue weighted by Crippen LogP contribution is -2.39. The molecule has 0 aliphatic carbocycles. The van der Waals surface area contributed by atoms with E-state index in [1.807, 2.05) is 18.2 Å². The SMILES string of the molecule is CN(Cc1cccnc1)C(=O)CN1c2cccc3cccc(c23)S1(=O)=O. The highest BCUT2D eigenvalue weighted by atomic mass is 32.2. The third-order valence-corrected chi connectivity index (χ3v) is 6.33. The van der Waals surface area contributed by atoms with Crippen LogP contribution in [0.3, 0.4) is 0 Å². The van der Waals surface area contributed by atoms with Crippen LogP contribution in [0, 0.1) is 0 Å². The average molecular weight is 367 g/mol. The monoisotopic (exact) mass is 367 g/mol. The summed E-state index contributed by atoms with van der Waals surface area (Å²) in [4.78, 5) is 18.5. The van der Waals surface area contributed by atoms with Gasteiger partial charge in [0.1, 0.15) is 6.54 Å². The number of hydrogen-bond donors (Lipinski definition) is 0. The molecule has 0 bridgehead atoms. The van der Waals surface area contributed by atoms with Gasteiger partial charge in [0.2, 0.25) is 5.91 Å². The van der Waals surface area contributed by atoms with E-state index in [9.17, 15) is 13.2 Å². The Bertz CT molecular complexity index is 1090. The largest absolute Gasteiger partial charge is 0.340 e. The van der Waals surface area contributed by atoms with Gasteiger partial charge in [-0.1, -0.05) is 30.3 Å². The molecule has 132 valence electrons. The third-order valence-electron chi connectivity index (χ3n) is 4.53. The van der Waals surface area contributed by atoms with Gasteiger partial charge in [0.25, 0.3) is 10.0 Å². The summed E-state index contributed by atoms with van der Waals surface area (Å²) in [5.41, 5.74) is 1.44. The first-order valence-corrected chi connectivity index (χ1v) is 9.60. The van der Waals surface area contributed by atoms with E-state index >= 15 is 0 Å². The van der Waals surface area contributed by atoms with Crippen molar-refractivity contribution in [3.63, 3.8) is 0 Å². The zero-order chi connectivity index (χ0) is 18.3. The predicted molar refractivity (Wildman–Crippen MR) is 99.2 cm³/mol. The number of hydrogen-bond acceptors (Lipinski definition) is 4. The van der Waals surface area contributed by atoms with Gasteiger partial charge in [-0.25, -0.2) is 8.42 Å². The summed E-state index contributed by atoms with van der Waals surface area (Å²) in [6.07, 6.45) is 3.35. The van der Waals surface area contributed by atoms with Gasteiger partial charge in [-0.2, -0.15) is 0 Å². The van der Waals surface area contributed by atoms with Crippen molar-refractivity contribution in [1.82, 2.24) is 9.88 Å². The Morgan fingerprint density at radius 3 is 2.62 bits per heavy atom. The molecule has 3 aromatic rings. The molecule has 0 spiro atoms. The van der Waals surface area contributed by atoms with Gasteiger partial charge in [0, 0.05) is 31.4 Å². The fourth-order valence-electron chi connectivity index (χ4n) is 3.23. The predicted octanol–water partition coefficient (Wildman–Crippen LogP) is 2.40. The number of amides is 1. The van der Waals surface area contributed by atoms with Gasteiger partial charge < -0.3 is 4.90 Å². The molecule has 1 aliphatic heterocycles. The van der Waals surface area contributed by atoms with Crippen LogP contribution >= 0.6 is 0 Å². The summed E-state index contributed by atoms with van der Waals surface area (Å²) in [6, 6.07) is 14.3. The molecule has 0 unspecified atom stereocenters. The van der Waals surface area contributed by atoms with Crippen LogP contribution < -0.4 is 4.31 Å². The second-order valence-corrected chi connectivity index (χ2v) is 8.08. The number of pyridine rings is 1. The molecule has 6 nitrogen and oxygen atoms in total. The molecule has 1 amide bonds. The van der Waals surface area contributed by atoms with Crippen molar-refractivity contribution in [1.29, 1.82) is 0 Å². The van der Waals surface area contributed by atoms with Crippen molar-refractivity contribution in [3.05, 3.63) is 66.5 Å². The van der Waals surface area contributed by atoms with Crippen LogP contribution in [0.2, 0.25) is 0 Å². The molecule has 1 aliphatic rings. The molecular weight excluding hydrogens is 350 g/mol. The Morgan fingerprint density at radius 2 is 1.88 bits per heavy atom. The first kappa shape index (κ1) is 16.5. The van der Waals surface area contributed by atoms with E-state index in [4.69, 9.17) is 0 Å². The third kappa shape index (κ3) is 2.61. The fourth-order valence-corrected chi connectivity index (χ4v) is 4.89. The lowest BCUT2D eigenvalue weighted by Gasteiger charge is -2.23. The molecule has 4 rings (SSSR count). The van der Waals surface area contributed by atoms with Crippen LogP contribution in [-0.2, 0) is 21.4 Å². The van der Waals surface area contributed by atoms with Gasteiger partial charge in [0.15, 0.2) is 0 Å². The molecule has 0 atom stereocenters. The number of anilines is 1. The quantitative estimate of drug-likeness (QED) is 0.710. The Labute approximate surface area is 151 Å². The van der Waals surface area contributed by atoms with E-state index in [2.05, 4.69) is 4.98 Å². The summed E-state index contributed by atoms with van der Waals surface area (Å²) in [5.74, 6) is -0.276. The van der Waals surface area contributed by atoms with E-state index in [0.29, 0.717) is 17.6 Å². The molecule has 0 fully saturated rings. The van der Waals surface area contributed by atoms with E-state index in [0.717, 1.165) is 10.9 Å². The maximum Gasteiger partial charge on any atom is 0.265 e. The van der Waals surface area contributed by atoms with Gasteiger partial charge in [-0.05, 0) is 29.1 Å². The Morgan fingerprint density at radius 1 is 1.12 bits per heavy atom. The van der Waals surface area contributed by atoms with Gasteiger partial charge in [-0.3, -0.25) is 14.1 Å². The summed E-state index contributed by atoms with van der Waals surface area (Å²) >= 11 is 0. The molecule has 7 heteroatoms. The lowest BCUT2D eigenvalue weighted by molar-refractivity contribution is -0.128. The number of sulfonamides is 1. The number of likely N-dealkylation sites (N-methyl/N-ethyl adjacent to an activating group) is 1. The normalized spacial score (nSPS) is 14.6. The van der Waals surface area contributed by atoms with Crippen molar-refractivity contribution in [2.75, 3.05) is 17.9 Å². The fraction of sp³-hybridized carbons (Fsp3) is 0.158. The van der Waals surface area contributed by atoms with Gasteiger partial charge >= 0.3 is 0 Å². The standard InChI is InChI=1S/C19H17N3O3S/c1-21(12-14-5-4-10-20-11-14)18(23)13-22-16-8-2-6-15-7-3-9-17(19(15)16)26(22,24)25/h2-11H,12-13H2,1H3. The van der Waals surface area contributed by atoms with Crippen molar-refractivity contribution in [2.45, 2.75) is 11.4 Å². The molecule has 0 saturated heterocycles. The molecule has 2 heterocycles. The van der Waals surface area contributed by atoms with Crippen molar-refractivity contribution in [2.24, 2.45) is 0 Å². The minimum atomic E-state index is -3.73. The number of aromatic nitrogens is 1. The minimum Gasteiger partial charge on any atom is -0.340 e. The molecular formula is C19H17N3O3S. The number of carbonyl (C=O) groups is 1. The summed E-state index contributed by atoms with van der Waals surface area (Å²) in [7, 11) is -2.07. The zero-order valence-electron chi connectivity index (χ0n) is 14.2. The summed E-state index contributed by atoms with van der Waals surface area (Å²) in [5, 5.41) is 1.53. The van der Waals surface area contributed by atoms with Crippen LogP contribution in [0.1, 0.15) is 5.56 Å². The number of rotatable bonds is 4. The number of benzene rings is 2. The average Bonchev–Trinajstić information content (AvgIpc) is 2.86. The lowest BCUT2D eigenvalue weighted by atomic mass is 10.1. The van der Waals surface area contributed by atoms with Crippen LogP contribution in [0.5, 0.6) is 0 Å². The molecule has 1 aromatic heterocycles. The van der Waals surface area contributed by atoms with E-state index < -0.39 is 10.0 Å². The maximum absolute atomic E-state index is 12.9. The Balaban J connectivity index is 1.63. The second kappa shape index (κ2) is 6.10. The van der Waals surface area contributed by atoms with E-state index in [1.54, 1.807) is 49.8 Å². The second-order valence-electron chi connectivity index (χ2n) is 6.25. The van der Waals surface area contributed by atoms with Gasteiger partial charge in [-0.15, -0.1) is 0 Å². The minimum absolute atomic E-state index is 0.229. The topological polar surface area (TPSA) is 70.6 Å². The highest BCUT2D eigenvalue weighted by molar-refractivity contribution is 7.93. The molecule has 0 N–H and O–H groups in total. The first-order valence-electron chi connectivity index (χ1n) is 8.16. The zero-order valence-corrected chi connectivity index (χ0v) is 15.0. The van der Waals surface area contributed by atoms with Crippen molar-refractivity contribution in [3.8, 4) is 0 Å². The molecule has 26 heavy (non-hydrogen) atoms.